The molecular formula is C12H22O. The maximum atomic E-state index is 9.71. The summed E-state index contributed by atoms with van der Waals surface area (Å²) in [5, 5.41) is 9.71. The number of allylic oxidation sites excluding steroid dienone is 1. The fraction of sp³-hybridized carbons (Fsp3) is 0.667. The molecule has 0 fully saturated rings. The van der Waals surface area contributed by atoms with Crippen molar-refractivity contribution in [3.05, 3.63) is 24.8 Å². The second-order valence-electron chi connectivity index (χ2n) is 3.75. The third kappa shape index (κ3) is 7.79. The van der Waals surface area contributed by atoms with Crippen molar-refractivity contribution in [2.75, 3.05) is 0 Å². The lowest BCUT2D eigenvalue weighted by Crippen LogP contribution is -2.18. The van der Waals surface area contributed by atoms with E-state index >= 15 is 0 Å². The lowest BCUT2D eigenvalue weighted by Gasteiger charge is -2.15. The Labute approximate surface area is 82.2 Å². The molecule has 1 nitrogen and oxygen atoms in total. The van der Waals surface area contributed by atoms with E-state index in [2.05, 4.69) is 19.6 Å². The molecule has 76 valence electrons. The van der Waals surface area contributed by atoms with Gasteiger partial charge < -0.3 is 5.11 Å². The molecule has 0 heterocycles. The molecule has 0 spiro atoms. The van der Waals surface area contributed by atoms with Gasteiger partial charge in [-0.25, -0.2) is 0 Å². The van der Waals surface area contributed by atoms with E-state index in [4.69, 9.17) is 0 Å². The molecule has 1 atom stereocenters. The van der Waals surface area contributed by atoms with Gasteiger partial charge in [-0.15, -0.1) is 6.58 Å². The van der Waals surface area contributed by atoms with Gasteiger partial charge in [0.25, 0.3) is 0 Å². The Bertz CT molecular complexity index is 157. The average Bonchev–Trinajstić information content (AvgIpc) is 2.04. The van der Waals surface area contributed by atoms with Gasteiger partial charge in [0, 0.05) is 0 Å². The first-order valence-electron chi connectivity index (χ1n) is 5.13. The topological polar surface area (TPSA) is 20.2 Å². The molecule has 0 saturated carbocycles. The molecule has 0 amide bonds. The van der Waals surface area contributed by atoms with Crippen molar-refractivity contribution in [2.24, 2.45) is 0 Å². The van der Waals surface area contributed by atoms with E-state index in [0.29, 0.717) is 6.42 Å². The van der Waals surface area contributed by atoms with Gasteiger partial charge in [-0.05, 0) is 26.2 Å². The van der Waals surface area contributed by atoms with Crippen molar-refractivity contribution in [1.29, 1.82) is 0 Å². The van der Waals surface area contributed by atoms with Gasteiger partial charge in [0.2, 0.25) is 0 Å². The van der Waals surface area contributed by atoms with E-state index < -0.39 is 5.60 Å². The summed E-state index contributed by atoms with van der Waals surface area (Å²) < 4.78 is 0. The van der Waals surface area contributed by atoms with Gasteiger partial charge in [-0.3, -0.25) is 0 Å². The average molecular weight is 182 g/mol. The monoisotopic (exact) mass is 182 g/mol. The van der Waals surface area contributed by atoms with Crippen LogP contribution in [0.1, 0.15) is 46.0 Å². The predicted molar refractivity (Wildman–Crippen MR) is 58.7 cm³/mol. The van der Waals surface area contributed by atoms with Crippen LogP contribution in [0, 0.1) is 0 Å². The number of rotatable bonds is 7. The highest BCUT2D eigenvalue weighted by Gasteiger charge is 2.12. The molecular weight excluding hydrogens is 160 g/mol. The van der Waals surface area contributed by atoms with Crippen LogP contribution in [-0.4, -0.2) is 10.7 Å². The minimum Gasteiger partial charge on any atom is -0.386 e. The Morgan fingerprint density at radius 1 is 1.38 bits per heavy atom. The van der Waals surface area contributed by atoms with Crippen LogP contribution in [0.3, 0.4) is 0 Å². The smallest absolute Gasteiger partial charge is 0.0833 e. The summed E-state index contributed by atoms with van der Waals surface area (Å²) >= 11 is 0. The van der Waals surface area contributed by atoms with Gasteiger partial charge in [0.15, 0.2) is 0 Å². The van der Waals surface area contributed by atoms with Gasteiger partial charge in [0.1, 0.15) is 0 Å². The Kier molecular flexibility index (Phi) is 6.61. The summed E-state index contributed by atoms with van der Waals surface area (Å²) in [6.07, 6.45) is 11.1. The van der Waals surface area contributed by atoms with Crippen LogP contribution >= 0.6 is 0 Å². The maximum absolute atomic E-state index is 9.71. The van der Waals surface area contributed by atoms with Crippen molar-refractivity contribution in [2.45, 2.75) is 51.6 Å². The molecule has 0 radical (unpaired) electrons. The Morgan fingerprint density at radius 3 is 2.62 bits per heavy atom. The fourth-order valence-electron chi connectivity index (χ4n) is 1.21. The van der Waals surface area contributed by atoms with Crippen molar-refractivity contribution < 1.29 is 5.11 Å². The third-order valence-electron chi connectivity index (χ3n) is 2.01. The van der Waals surface area contributed by atoms with E-state index in [1.54, 1.807) is 6.08 Å². The van der Waals surface area contributed by atoms with Crippen molar-refractivity contribution in [3.8, 4) is 0 Å². The van der Waals surface area contributed by atoms with Crippen molar-refractivity contribution >= 4 is 0 Å². The molecule has 0 aromatic rings. The largest absolute Gasteiger partial charge is 0.386 e. The molecule has 0 unspecified atom stereocenters. The number of hydrogen-bond donors (Lipinski definition) is 1. The van der Waals surface area contributed by atoms with E-state index in [9.17, 15) is 5.11 Å². The minimum absolute atomic E-state index is 0.622. The van der Waals surface area contributed by atoms with Crippen LogP contribution in [0.25, 0.3) is 0 Å². The lowest BCUT2D eigenvalue weighted by atomic mass is 10.0. The highest BCUT2D eigenvalue weighted by Crippen LogP contribution is 2.12. The summed E-state index contributed by atoms with van der Waals surface area (Å²) in [7, 11) is 0. The molecule has 13 heavy (non-hydrogen) atoms. The SMILES string of the molecule is C=CC[C@](C)(O)/C=C/CCCCC. The van der Waals surface area contributed by atoms with Gasteiger partial charge in [-0.2, -0.15) is 0 Å². The normalized spacial score (nSPS) is 15.9. The first-order chi connectivity index (χ1) is 6.12. The number of aliphatic hydroxyl groups is 1. The highest BCUT2D eigenvalue weighted by molar-refractivity contribution is 5.01. The van der Waals surface area contributed by atoms with Gasteiger partial charge in [0.05, 0.1) is 5.60 Å². The summed E-state index contributed by atoms with van der Waals surface area (Å²) in [5.74, 6) is 0. The zero-order chi connectivity index (χ0) is 10.2. The standard InChI is InChI=1S/C12H22O/c1-4-6-7-8-9-11-12(3,13)10-5-2/h5,9,11,13H,2,4,6-8,10H2,1,3H3/b11-9+/t12-/m0/s1. The first-order valence-corrected chi connectivity index (χ1v) is 5.13. The molecule has 1 heteroatoms. The van der Waals surface area contributed by atoms with E-state index in [-0.39, 0.29) is 0 Å². The second kappa shape index (κ2) is 6.90. The molecule has 0 bridgehead atoms. The van der Waals surface area contributed by atoms with E-state index in [1.165, 1.54) is 19.3 Å². The summed E-state index contributed by atoms with van der Waals surface area (Å²) in [4.78, 5) is 0. The molecule has 0 aromatic heterocycles. The maximum Gasteiger partial charge on any atom is 0.0833 e. The fourth-order valence-corrected chi connectivity index (χ4v) is 1.21. The van der Waals surface area contributed by atoms with Crippen LogP contribution < -0.4 is 0 Å². The van der Waals surface area contributed by atoms with E-state index in [1.807, 2.05) is 13.0 Å². The Morgan fingerprint density at radius 2 is 2.08 bits per heavy atom. The first kappa shape index (κ1) is 12.4. The summed E-state index contributed by atoms with van der Waals surface area (Å²) in [6, 6.07) is 0. The third-order valence-corrected chi connectivity index (χ3v) is 2.01. The van der Waals surface area contributed by atoms with Gasteiger partial charge in [-0.1, -0.05) is 38.0 Å². The van der Waals surface area contributed by atoms with Crippen molar-refractivity contribution in [1.82, 2.24) is 0 Å². The second-order valence-corrected chi connectivity index (χ2v) is 3.75. The highest BCUT2D eigenvalue weighted by atomic mass is 16.3. The minimum atomic E-state index is -0.700. The zero-order valence-electron chi connectivity index (χ0n) is 8.92. The number of hydrogen-bond acceptors (Lipinski definition) is 1. The molecule has 0 saturated heterocycles. The number of unbranched alkanes of at least 4 members (excludes halogenated alkanes) is 3. The molecule has 0 aromatic carbocycles. The van der Waals surface area contributed by atoms with Crippen LogP contribution in [0.4, 0.5) is 0 Å². The van der Waals surface area contributed by atoms with Crippen LogP contribution in [0.5, 0.6) is 0 Å². The lowest BCUT2D eigenvalue weighted by molar-refractivity contribution is 0.115. The molecule has 0 rings (SSSR count). The predicted octanol–water partition coefficient (Wildman–Crippen LogP) is 3.45. The quantitative estimate of drug-likeness (QED) is 0.472. The van der Waals surface area contributed by atoms with Crippen molar-refractivity contribution in [3.63, 3.8) is 0 Å². The Balaban J connectivity index is 3.62. The van der Waals surface area contributed by atoms with Crippen LogP contribution in [-0.2, 0) is 0 Å². The molecule has 0 aliphatic carbocycles. The Hall–Kier alpha value is -0.560. The van der Waals surface area contributed by atoms with Crippen LogP contribution in [0.2, 0.25) is 0 Å². The molecule has 0 aliphatic rings. The van der Waals surface area contributed by atoms with E-state index in [0.717, 1.165) is 6.42 Å². The summed E-state index contributed by atoms with van der Waals surface area (Å²) in [6.45, 7) is 7.61. The molecule has 0 aliphatic heterocycles. The summed E-state index contributed by atoms with van der Waals surface area (Å²) in [5.41, 5.74) is -0.700. The van der Waals surface area contributed by atoms with Gasteiger partial charge >= 0.3 is 0 Å². The zero-order valence-corrected chi connectivity index (χ0v) is 8.92. The molecule has 1 N–H and O–H groups in total. The van der Waals surface area contributed by atoms with Crippen LogP contribution in [0.15, 0.2) is 24.8 Å².